The molecule has 1 rings (SSSR count). The van der Waals surface area contributed by atoms with E-state index in [4.69, 9.17) is 0 Å². The lowest BCUT2D eigenvalue weighted by molar-refractivity contribution is -0.155. The third-order valence-corrected chi connectivity index (χ3v) is 3.99. The molecule has 0 spiro atoms. The van der Waals surface area contributed by atoms with Gasteiger partial charge in [0.1, 0.15) is 6.04 Å². The number of amides is 1. The summed E-state index contributed by atoms with van der Waals surface area (Å²) in [5.74, 6) is -0.595. The Bertz CT molecular complexity index is 342. The number of hydrogen-bond donors (Lipinski definition) is 2. The summed E-state index contributed by atoms with van der Waals surface area (Å²) in [5.41, 5.74) is -0.707. The van der Waals surface area contributed by atoms with Crippen molar-refractivity contribution in [3.05, 3.63) is 0 Å². The fourth-order valence-corrected chi connectivity index (χ4v) is 2.76. The van der Waals surface area contributed by atoms with Gasteiger partial charge < -0.3 is 15.3 Å². The lowest BCUT2D eigenvalue weighted by Gasteiger charge is -2.41. The first kappa shape index (κ1) is 16.0. The average Bonchev–Trinajstić information content (AvgIpc) is 2.37. The van der Waals surface area contributed by atoms with E-state index in [1.165, 1.54) is 4.90 Å². The molecule has 19 heavy (non-hydrogen) atoms. The van der Waals surface area contributed by atoms with Crippen LogP contribution in [0, 0.1) is 5.92 Å². The van der Waals surface area contributed by atoms with Gasteiger partial charge in [-0.05, 0) is 39.2 Å². The molecule has 5 nitrogen and oxygen atoms in total. The number of hydrogen-bond acceptors (Lipinski definition) is 3. The van der Waals surface area contributed by atoms with Gasteiger partial charge in [-0.15, -0.1) is 0 Å². The predicted octanol–water partition coefficient (Wildman–Crippen LogP) is 1.48. The van der Waals surface area contributed by atoms with E-state index in [1.807, 2.05) is 20.8 Å². The quantitative estimate of drug-likeness (QED) is 0.794. The molecule has 0 saturated carbocycles. The van der Waals surface area contributed by atoms with Gasteiger partial charge in [-0.3, -0.25) is 4.79 Å². The summed E-state index contributed by atoms with van der Waals surface area (Å²) in [7, 11) is 0. The minimum atomic E-state index is -0.890. The molecule has 2 N–H and O–H groups in total. The number of carboxylic acid groups (broad SMARTS) is 1. The van der Waals surface area contributed by atoms with E-state index < -0.39 is 17.6 Å². The van der Waals surface area contributed by atoms with Gasteiger partial charge in [0, 0.05) is 6.54 Å². The summed E-state index contributed by atoms with van der Waals surface area (Å²) < 4.78 is 0. The van der Waals surface area contributed by atoms with Crippen molar-refractivity contribution in [2.75, 3.05) is 13.1 Å². The topological polar surface area (TPSA) is 69.6 Å². The summed E-state index contributed by atoms with van der Waals surface area (Å²) in [6.45, 7) is 8.86. The number of piperidine rings is 1. The van der Waals surface area contributed by atoms with E-state index in [0.29, 0.717) is 25.4 Å². The van der Waals surface area contributed by atoms with E-state index in [0.717, 1.165) is 12.8 Å². The Morgan fingerprint density at radius 1 is 1.37 bits per heavy atom. The SMILES string of the molecule is CCNC(C)(C)C(=O)N1CCC(CC)CC1C(=O)O. The van der Waals surface area contributed by atoms with Crippen LogP contribution < -0.4 is 5.32 Å². The Morgan fingerprint density at radius 3 is 2.47 bits per heavy atom. The summed E-state index contributed by atoms with van der Waals surface area (Å²) >= 11 is 0. The fraction of sp³-hybridized carbons (Fsp3) is 0.857. The highest BCUT2D eigenvalue weighted by molar-refractivity contribution is 5.89. The molecular weight excluding hydrogens is 244 g/mol. The van der Waals surface area contributed by atoms with Crippen LogP contribution in [-0.2, 0) is 9.59 Å². The summed E-state index contributed by atoms with van der Waals surface area (Å²) in [6, 6.07) is -0.677. The van der Waals surface area contributed by atoms with Gasteiger partial charge in [-0.2, -0.15) is 0 Å². The highest BCUT2D eigenvalue weighted by Crippen LogP contribution is 2.27. The highest BCUT2D eigenvalue weighted by Gasteiger charge is 2.40. The first-order chi connectivity index (χ1) is 8.83. The van der Waals surface area contributed by atoms with Crippen molar-refractivity contribution in [3.8, 4) is 0 Å². The van der Waals surface area contributed by atoms with Gasteiger partial charge in [0.15, 0.2) is 0 Å². The zero-order valence-electron chi connectivity index (χ0n) is 12.4. The largest absolute Gasteiger partial charge is 0.480 e. The standard InChI is InChI=1S/C14H26N2O3/c1-5-10-7-8-16(11(9-10)12(17)18)13(19)14(3,4)15-6-2/h10-11,15H,5-9H2,1-4H3,(H,17,18). The fourth-order valence-electron chi connectivity index (χ4n) is 2.76. The first-order valence-corrected chi connectivity index (χ1v) is 7.12. The molecule has 1 aliphatic rings. The Kier molecular flexibility index (Phi) is 5.35. The van der Waals surface area contributed by atoms with Gasteiger partial charge in [0.25, 0.3) is 0 Å². The number of likely N-dealkylation sites (tertiary alicyclic amines) is 1. The molecule has 0 aromatic rings. The maximum absolute atomic E-state index is 12.5. The van der Waals surface area contributed by atoms with E-state index in [2.05, 4.69) is 12.2 Å². The lowest BCUT2D eigenvalue weighted by Crippen LogP contribution is -2.60. The van der Waals surface area contributed by atoms with Gasteiger partial charge in [-0.25, -0.2) is 4.79 Å². The van der Waals surface area contributed by atoms with Crippen molar-refractivity contribution in [1.82, 2.24) is 10.2 Å². The minimum absolute atomic E-state index is 0.115. The van der Waals surface area contributed by atoms with E-state index in [1.54, 1.807) is 0 Å². The zero-order valence-corrected chi connectivity index (χ0v) is 12.4. The van der Waals surface area contributed by atoms with Crippen LogP contribution in [0.1, 0.15) is 47.0 Å². The normalized spacial score (nSPS) is 24.3. The number of carbonyl (C=O) groups excluding carboxylic acids is 1. The Hall–Kier alpha value is -1.10. The molecule has 5 heteroatoms. The Morgan fingerprint density at radius 2 is 2.00 bits per heavy atom. The van der Waals surface area contributed by atoms with Crippen molar-refractivity contribution < 1.29 is 14.7 Å². The Labute approximate surface area is 115 Å². The van der Waals surface area contributed by atoms with Crippen LogP contribution in [-0.4, -0.2) is 46.6 Å². The van der Waals surface area contributed by atoms with Crippen molar-refractivity contribution in [2.24, 2.45) is 5.92 Å². The number of likely N-dealkylation sites (N-methyl/N-ethyl adjacent to an activating group) is 1. The predicted molar refractivity (Wildman–Crippen MR) is 73.9 cm³/mol. The zero-order chi connectivity index (χ0) is 14.6. The number of aliphatic carboxylic acids is 1. The second kappa shape index (κ2) is 6.37. The molecule has 1 aliphatic heterocycles. The summed E-state index contributed by atoms with van der Waals surface area (Å²) in [6.07, 6.45) is 2.44. The van der Waals surface area contributed by atoms with Gasteiger partial charge in [0.05, 0.1) is 5.54 Å². The summed E-state index contributed by atoms with van der Waals surface area (Å²) in [5, 5.41) is 12.5. The third kappa shape index (κ3) is 3.69. The molecule has 110 valence electrons. The molecule has 0 radical (unpaired) electrons. The first-order valence-electron chi connectivity index (χ1n) is 7.12. The molecule has 2 unspecified atom stereocenters. The molecule has 1 heterocycles. The smallest absolute Gasteiger partial charge is 0.326 e. The number of nitrogens with one attached hydrogen (secondary N) is 1. The van der Waals surface area contributed by atoms with Crippen LogP contribution in [0.3, 0.4) is 0 Å². The molecule has 0 aromatic carbocycles. The van der Waals surface area contributed by atoms with Crippen molar-refractivity contribution in [2.45, 2.75) is 58.5 Å². The molecule has 1 amide bonds. The number of nitrogens with zero attached hydrogens (tertiary/aromatic N) is 1. The van der Waals surface area contributed by atoms with Crippen LogP contribution in [0.25, 0.3) is 0 Å². The summed E-state index contributed by atoms with van der Waals surface area (Å²) in [4.78, 5) is 25.5. The molecule has 2 atom stereocenters. The van der Waals surface area contributed by atoms with Crippen LogP contribution in [0.4, 0.5) is 0 Å². The molecule has 0 bridgehead atoms. The van der Waals surface area contributed by atoms with Crippen LogP contribution >= 0.6 is 0 Å². The molecular formula is C14H26N2O3. The molecule has 0 aliphatic carbocycles. The van der Waals surface area contributed by atoms with Crippen LogP contribution in [0.15, 0.2) is 0 Å². The van der Waals surface area contributed by atoms with Gasteiger partial charge in [0.2, 0.25) is 5.91 Å². The van der Waals surface area contributed by atoms with E-state index in [-0.39, 0.29) is 5.91 Å². The number of carbonyl (C=O) groups is 2. The maximum atomic E-state index is 12.5. The van der Waals surface area contributed by atoms with Crippen molar-refractivity contribution in [1.29, 1.82) is 0 Å². The molecule has 1 fully saturated rings. The highest BCUT2D eigenvalue weighted by atomic mass is 16.4. The average molecular weight is 270 g/mol. The van der Waals surface area contributed by atoms with Crippen LogP contribution in [0.2, 0.25) is 0 Å². The third-order valence-electron chi connectivity index (χ3n) is 3.99. The molecule has 1 saturated heterocycles. The number of rotatable bonds is 5. The van der Waals surface area contributed by atoms with Gasteiger partial charge in [-0.1, -0.05) is 20.3 Å². The van der Waals surface area contributed by atoms with Crippen molar-refractivity contribution in [3.63, 3.8) is 0 Å². The lowest BCUT2D eigenvalue weighted by atomic mass is 9.87. The van der Waals surface area contributed by atoms with Gasteiger partial charge >= 0.3 is 5.97 Å². The minimum Gasteiger partial charge on any atom is -0.480 e. The Balaban J connectivity index is 2.85. The second-order valence-corrected chi connectivity index (χ2v) is 5.81. The van der Waals surface area contributed by atoms with Crippen LogP contribution in [0.5, 0.6) is 0 Å². The second-order valence-electron chi connectivity index (χ2n) is 5.81. The molecule has 0 aromatic heterocycles. The van der Waals surface area contributed by atoms with E-state index >= 15 is 0 Å². The van der Waals surface area contributed by atoms with Crippen molar-refractivity contribution >= 4 is 11.9 Å². The van der Waals surface area contributed by atoms with E-state index in [9.17, 15) is 14.7 Å². The maximum Gasteiger partial charge on any atom is 0.326 e. The number of carboxylic acids is 1. The monoisotopic (exact) mass is 270 g/mol.